The van der Waals surface area contributed by atoms with Crippen LogP contribution in [0.5, 0.6) is 0 Å². The molecule has 27 heavy (non-hydrogen) atoms. The van der Waals surface area contributed by atoms with Crippen LogP contribution in [0.3, 0.4) is 0 Å². The Morgan fingerprint density at radius 3 is 2.48 bits per heavy atom. The van der Waals surface area contributed by atoms with E-state index in [9.17, 15) is 13.2 Å². The number of hydrogen-bond donors (Lipinski definition) is 2. The van der Waals surface area contributed by atoms with Crippen molar-refractivity contribution in [2.24, 2.45) is 5.41 Å². The molecule has 1 aliphatic rings. The summed E-state index contributed by atoms with van der Waals surface area (Å²) in [6, 6.07) is 5.36. The molecule has 0 bridgehead atoms. The fraction of sp³-hybridized carbons (Fsp3) is 0.650. The monoisotopic (exact) mass is 395 g/mol. The summed E-state index contributed by atoms with van der Waals surface area (Å²) in [5.74, 6) is -0.144. The van der Waals surface area contributed by atoms with Gasteiger partial charge in [0.2, 0.25) is 15.9 Å². The minimum absolute atomic E-state index is 0.0399. The number of nitrogens with one attached hydrogen (secondary N) is 2. The van der Waals surface area contributed by atoms with Crippen molar-refractivity contribution in [3.05, 3.63) is 29.3 Å². The molecule has 0 fully saturated rings. The Labute approximate surface area is 163 Å². The Balaban J connectivity index is 1.82. The predicted octanol–water partition coefficient (Wildman–Crippen LogP) is 1.94. The zero-order valence-corrected chi connectivity index (χ0v) is 17.8. The molecule has 0 saturated carbocycles. The van der Waals surface area contributed by atoms with E-state index in [0.29, 0.717) is 6.54 Å². The summed E-state index contributed by atoms with van der Waals surface area (Å²) in [6.45, 7) is 5.69. The average Bonchev–Trinajstić information content (AvgIpc) is 2.58. The Morgan fingerprint density at radius 2 is 1.81 bits per heavy atom. The molecule has 0 atom stereocenters. The highest BCUT2D eigenvalue weighted by Gasteiger charge is 2.21. The summed E-state index contributed by atoms with van der Waals surface area (Å²) >= 11 is 0. The highest BCUT2D eigenvalue weighted by atomic mass is 32.2. The Hall–Kier alpha value is -1.44. The van der Waals surface area contributed by atoms with Crippen molar-refractivity contribution in [3.8, 4) is 0 Å². The highest BCUT2D eigenvalue weighted by molar-refractivity contribution is 7.89. The van der Waals surface area contributed by atoms with Gasteiger partial charge in [-0.3, -0.25) is 4.79 Å². The summed E-state index contributed by atoms with van der Waals surface area (Å²) in [7, 11) is 0.413. The lowest BCUT2D eigenvalue weighted by molar-refractivity contribution is -0.121. The molecule has 0 aromatic heterocycles. The minimum atomic E-state index is -3.59. The molecule has 1 amide bonds. The van der Waals surface area contributed by atoms with E-state index >= 15 is 0 Å². The number of nitrogens with zero attached hydrogens (tertiary/aromatic N) is 1. The zero-order chi connectivity index (χ0) is 20.1. The quantitative estimate of drug-likeness (QED) is 0.670. The molecule has 1 aromatic carbocycles. The molecular formula is C20H33N3O3S. The van der Waals surface area contributed by atoms with Gasteiger partial charge in [0.1, 0.15) is 0 Å². The number of carbonyl (C=O) groups excluding carboxylic acids is 1. The molecule has 152 valence electrons. The molecule has 0 saturated heterocycles. The second-order valence-electron chi connectivity index (χ2n) is 8.46. The van der Waals surface area contributed by atoms with E-state index in [1.54, 1.807) is 12.1 Å². The van der Waals surface area contributed by atoms with Crippen molar-refractivity contribution in [2.45, 2.75) is 50.8 Å². The van der Waals surface area contributed by atoms with Crippen LogP contribution in [0.15, 0.2) is 23.1 Å². The highest BCUT2D eigenvalue weighted by Crippen LogP contribution is 2.24. The third-order valence-corrected chi connectivity index (χ3v) is 6.24. The van der Waals surface area contributed by atoms with Gasteiger partial charge in [-0.1, -0.05) is 19.9 Å². The van der Waals surface area contributed by atoms with Crippen molar-refractivity contribution in [3.63, 3.8) is 0 Å². The number of carbonyl (C=O) groups is 1. The number of rotatable bonds is 9. The van der Waals surface area contributed by atoms with E-state index in [1.807, 2.05) is 20.2 Å². The second-order valence-corrected chi connectivity index (χ2v) is 10.2. The van der Waals surface area contributed by atoms with Crippen LogP contribution in [0.2, 0.25) is 0 Å². The normalized spacial score (nSPS) is 14.9. The summed E-state index contributed by atoms with van der Waals surface area (Å²) in [5, 5.41) is 2.89. The second kappa shape index (κ2) is 9.17. The van der Waals surface area contributed by atoms with Crippen LogP contribution in [0, 0.1) is 5.41 Å². The molecule has 6 nitrogen and oxygen atoms in total. The fourth-order valence-electron chi connectivity index (χ4n) is 3.60. The van der Waals surface area contributed by atoms with Crippen molar-refractivity contribution in [1.82, 2.24) is 14.9 Å². The number of amides is 1. The lowest BCUT2D eigenvalue weighted by atomic mass is 9.92. The number of benzene rings is 1. The fourth-order valence-corrected chi connectivity index (χ4v) is 4.68. The first-order valence-electron chi connectivity index (χ1n) is 9.62. The van der Waals surface area contributed by atoms with Gasteiger partial charge in [-0.05, 0) is 68.5 Å². The van der Waals surface area contributed by atoms with Crippen molar-refractivity contribution >= 4 is 15.9 Å². The first-order chi connectivity index (χ1) is 12.6. The maximum atomic E-state index is 12.5. The first-order valence-corrected chi connectivity index (χ1v) is 11.1. The van der Waals surface area contributed by atoms with E-state index < -0.39 is 10.0 Å². The van der Waals surface area contributed by atoms with Crippen molar-refractivity contribution < 1.29 is 13.2 Å². The number of hydrogen-bond acceptors (Lipinski definition) is 4. The topological polar surface area (TPSA) is 78.5 Å². The van der Waals surface area contributed by atoms with Gasteiger partial charge in [0.05, 0.1) is 4.90 Å². The molecular weight excluding hydrogens is 362 g/mol. The van der Waals surface area contributed by atoms with Crippen molar-refractivity contribution in [1.29, 1.82) is 0 Å². The van der Waals surface area contributed by atoms with E-state index in [0.717, 1.165) is 37.8 Å². The van der Waals surface area contributed by atoms with Gasteiger partial charge in [0.15, 0.2) is 0 Å². The predicted molar refractivity (Wildman–Crippen MR) is 108 cm³/mol. The summed E-state index contributed by atoms with van der Waals surface area (Å²) in [4.78, 5) is 14.4. The molecule has 0 aliphatic heterocycles. The smallest absolute Gasteiger partial charge is 0.240 e. The van der Waals surface area contributed by atoms with Crippen LogP contribution >= 0.6 is 0 Å². The molecule has 1 aliphatic carbocycles. The Morgan fingerprint density at radius 1 is 1.15 bits per heavy atom. The van der Waals surface area contributed by atoms with Crippen LogP contribution in [0.25, 0.3) is 0 Å². The van der Waals surface area contributed by atoms with Crippen LogP contribution in [-0.2, 0) is 27.7 Å². The molecule has 0 spiro atoms. The zero-order valence-electron chi connectivity index (χ0n) is 17.0. The molecule has 1 aromatic rings. The van der Waals surface area contributed by atoms with E-state index in [2.05, 4.69) is 28.8 Å². The van der Waals surface area contributed by atoms with Crippen LogP contribution in [-0.4, -0.2) is 53.0 Å². The summed E-state index contributed by atoms with van der Waals surface area (Å²) in [6.07, 6.45) is 4.35. The third kappa shape index (κ3) is 6.90. The average molecular weight is 396 g/mol. The summed E-state index contributed by atoms with van der Waals surface area (Å²) < 4.78 is 27.5. The lowest BCUT2D eigenvalue weighted by Crippen LogP contribution is -2.40. The maximum absolute atomic E-state index is 12.5. The maximum Gasteiger partial charge on any atom is 0.240 e. The van der Waals surface area contributed by atoms with Crippen molar-refractivity contribution in [2.75, 3.05) is 33.7 Å². The Kier molecular flexibility index (Phi) is 7.42. The van der Waals surface area contributed by atoms with Gasteiger partial charge >= 0.3 is 0 Å². The van der Waals surface area contributed by atoms with E-state index in [4.69, 9.17) is 0 Å². The van der Waals surface area contributed by atoms with Gasteiger partial charge in [0, 0.05) is 26.1 Å². The van der Waals surface area contributed by atoms with Gasteiger partial charge in [-0.15, -0.1) is 0 Å². The molecule has 0 unspecified atom stereocenters. The third-order valence-electron chi connectivity index (χ3n) is 4.78. The number of sulfonamides is 1. The SMILES string of the molecule is CN(C)CC(C)(C)CNC(=O)CCNS(=O)(=O)c1ccc2c(c1)CCCC2. The van der Waals surface area contributed by atoms with Gasteiger partial charge in [-0.25, -0.2) is 13.1 Å². The van der Waals surface area contributed by atoms with E-state index in [-0.39, 0.29) is 29.2 Å². The summed E-state index contributed by atoms with van der Waals surface area (Å²) in [5.41, 5.74) is 2.34. The van der Waals surface area contributed by atoms with E-state index in [1.165, 1.54) is 5.56 Å². The molecule has 0 radical (unpaired) electrons. The van der Waals surface area contributed by atoms with Crippen LogP contribution in [0.1, 0.15) is 44.2 Å². The largest absolute Gasteiger partial charge is 0.355 e. The van der Waals surface area contributed by atoms with Gasteiger partial charge < -0.3 is 10.2 Å². The first kappa shape index (κ1) is 21.9. The molecule has 2 N–H and O–H groups in total. The van der Waals surface area contributed by atoms with Crippen LogP contribution in [0.4, 0.5) is 0 Å². The Bertz CT molecular complexity index is 758. The van der Waals surface area contributed by atoms with Gasteiger partial charge in [-0.2, -0.15) is 0 Å². The van der Waals surface area contributed by atoms with Crippen LogP contribution < -0.4 is 10.0 Å². The lowest BCUT2D eigenvalue weighted by Gasteiger charge is -2.28. The number of aryl methyl sites for hydroxylation is 2. The minimum Gasteiger partial charge on any atom is -0.355 e. The van der Waals surface area contributed by atoms with Gasteiger partial charge in [0.25, 0.3) is 0 Å². The molecule has 7 heteroatoms. The number of fused-ring (bicyclic) bond motifs is 1. The molecule has 0 heterocycles. The standard InChI is InChI=1S/C20H33N3O3S/c1-20(2,15-23(3)4)14-21-19(24)11-12-22-27(25,26)18-10-9-16-7-5-6-8-17(16)13-18/h9-10,13,22H,5-8,11-12,14-15H2,1-4H3,(H,21,24). The molecule has 2 rings (SSSR count).